The fourth-order valence-corrected chi connectivity index (χ4v) is 4.00. The van der Waals surface area contributed by atoms with Gasteiger partial charge in [0, 0.05) is 49.1 Å². The Bertz CT molecular complexity index is 403. The van der Waals surface area contributed by atoms with Crippen molar-refractivity contribution in [3.05, 3.63) is 0 Å². The molecule has 159 valence electrons. The third-order valence-corrected chi connectivity index (χ3v) is 5.85. The van der Waals surface area contributed by atoms with Crippen molar-refractivity contribution in [3.63, 3.8) is 0 Å². The number of amides is 1. The van der Waals surface area contributed by atoms with Gasteiger partial charge in [0.05, 0.1) is 5.92 Å². The van der Waals surface area contributed by atoms with Crippen LogP contribution in [0.2, 0.25) is 0 Å². The second kappa shape index (κ2) is 18.9. The first-order valence-electron chi connectivity index (χ1n) is 11.7. The van der Waals surface area contributed by atoms with Gasteiger partial charge in [0.25, 0.3) is 0 Å². The Morgan fingerprint density at radius 3 is 1.57 bits per heavy atom. The van der Waals surface area contributed by atoms with E-state index in [9.17, 15) is 9.59 Å². The van der Waals surface area contributed by atoms with Crippen LogP contribution >= 0.6 is 0 Å². The molecule has 0 aromatic rings. The molecule has 1 saturated heterocycles. The molecule has 1 fully saturated rings. The second-order valence-electron chi connectivity index (χ2n) is 8.38. The van der Waals surface area contributed by atoms with E-state index in [1.807, 2.05) is 0 Å². The zero-order valence-corrected chi connectivity index (χ0v) is 20.7. The smallest absolute Gasteiger partial charge is 0.308 e. The van der Waals surface area contributed by atoms with Crippen molar-refractivity contribution in [2.45, 2.75) is 116 Å². The summed E-state index contributed by atoms with van der Waals surface area (Å²) in [6.45, 7) is 3.42. The number of hydrogen-bond donors (Lipinski definition) is 1. The van der Waals surface area contributed by atoms with Crippen LogP contribution < -0.4 is 0 Å². The number of carboxylic acids is 1. The van der Waals surface area contributed by atoms with Crippen molar-refractivity contribution in [3.8, 4) is 0 Å². The van der Waals surface area contributed by atoms with Gasteiger partial charge in [-0.05, 0) is 6.42 Å². The van der Waals surface area contributed by atoms with Crippen molar-refractivity contribution < 1.29 is 14.7 Å². The Morgan fingerprint density at radius 1 is 0.821 bits per heavy atom. The van der Waals surface area contributed by atoms with E-state index in [0.717, 1.165) is 19.4 Å². The largest absolute Gasteiger partial charge is 0.481 e. The molecule has 0 aliphatic carbocycles. The molecule has 0 spiro atoms. The van der Waals surface area contributed by atoms with Crippen LogP contribution in [0.15, 0.2) is 0 Å². The van der Waals surface area contributed by atoms with Crippen LogP contribution in [-0.2, 0) is 9.59 Å². The Labute approximate surface area is 195 Å². The van der Waals surface area contributed by atoms with E-state index < -0.39 is 11.9 Å². The van der Waals surface area contributed by atoms with E-state index in [1.165, 1.54) is 89.9 Å². The van der Waals surface area contributed by atoms with E-state index in [2.05, 4.69) is 6.92 Å². The van der Waals surface area contributed by atoms with Crippen molar-refractivity contribution >= 4 is 41.4 Å². The minimum Gasteiger partial charge on any atom is -0.481 e. The number of hydrogen-bond acceptors (Lipinski definition) is 2. The topological polar surface area (TPSA) is 57.6 Å². The number of unbranched alkanes of at least 4 members (excludes halogenated alkanes) is 15. The number of nitrogens with zero attached hydrogens (tertiary/aromatic N) is 1. The number of carbonyl (C=O) groups is 2. The summed E-state index contributed by atoms with van der Waals surface area (Å²) < 4.78 is 0. The number of carboxylic acid groups (broad SMARTS) is 1. The summed E-state index contributed by atoms with van der Waals surface area (Å²) in [5.74, 6) is -1.31. The normalized spacial score (nSPS) is 16.4. The van der Waals surface area contributed by atoms with Crippen LogP contribution in [0.4, 0.5) is 0 Å². The van der Waals surface area contributed by atoms with Gasteiger partial charge in [0.1, 0.15) is 0 Å². The quantitative estimate of drug-likeness (QED) is 0.232. The van der Waals surface area contributed by atoms with Gasteiger partial charge >= 0.3 is 5.97 Å². The summed E-state index contributed by atoms with van der Waals surface area (Å²) in [6, 6.07) is 0. The predicted octanol–water partition coefficient (Wildman–Crippen LogP) is 5.80. The van der Waals surface area contributed by atoms with Crippen LogP contribution in [0.5, 0.6) is 0 Å². The predicted molar refractivity (Wildman–Crippen MR) is 118 cm³/mol. The van der Waals surface area contributed by atoms with E-state index in [1.54, 1.807) is 4.90 Å². The van der Waals surface area contributed by atoms with Gasteiger partial charge in [0.15, 0.2) is 0 Å². The van der Waals surface area contributed by atoms with Crippen molar-refractivity contribution in [2.24, 2.45) is 5.92 Å². The Morgan fingerprint density at radius 2 is 1.21 bits per heavy atom. The molecule has 0 aromatic carbocycles. The molecule has 1 atom stereocenters. The maximum atomic E-state index is 11.7. The maximum absolute atomic E-state index is 11.7. The molecular formula is C23H43NNaO3. The van der Waals surface area contributed by atoms with Crippen LogP contribution in [0.3, 0.4) is 0 Å². The van der Waals surface area contributed by atoms with E-state index in [4.69, 9.17) is 5.11 Å². The molecule has 1 rings (SSSR count). The molecule has 0 aromatic heterocycles. The first kappa shape index (κ1) is 27.9. The summed E-state index contributed by atoms with van der Waals surface area (Å²) in [6.07, 6.45) is 21.7. The molecule has 1 amide bonds. The number of likely N-dealkylation sites (tertiary alicyclic amines) is 1. The SMILES string of the molecule is CCCCCCCCCCCCCCCCCCN1CC(C(=O)O)CC1=O.[Na]. The van der Waals surface area contributed by atoms with Gasteiger partial charge in [-0.2, -0.15) is 0 Å². The minimum atomic E-state index is -0.835. The average molecular weight is 405 g/mol. The molecule has 28 heavy (non-hydrogen) atoms. The van der Waals surface area contributed by atoms with Crippen molar-refractivity contribution in [1.82, 2.24) is 4.90 Å². The third kappa shape index (κ3) is 14.0. The molecule has 1 unspecified atom stereocenters. The van der Waals surface area contributed by atoms with Crippen molar-refractivity contribution in [1.29, 1.82) is 0 Å². The van der Waals surface area contributed by atoms with Crippen molar-refractivity contribution in [2.75, 3.05) is 13.1 Å². The monoisotopic (exact) mass is 404 g/mol. The maximum Gasteiger partial charge on any atom is 0.308 e. The summed E-state index contributed by atoms with van der Waals surface area (Å²) in [5, 5.41) is 8.98. The Hall–Kier alpha value is -0.0600. The van der Waals surface area contributed by atoms with Gasteiger partial charge < -0.3 is 10.0 Å². The standard InChI is InChI=1S/C23H43NO3.Na/c1-2-3-4-5-6-7-8-9-10-11-12-13-14-15-16-17-18-24-20-21(23(26)27)19-22(24)25;/h21H,2-20H2,1H3,(H,26,27);. The molecule has 1 heterocycles. The zero-order valence-electron chi connectivity index (χ0n) is 18.7. The molecule has 0 bridgehead atoms. The molecule has 1 radical (unpaired) electrons. The Balaban J connectivity index is 0.00000729. The summed E-state index contributed by atoms with van der Waals surface area (Å²) in [5.41, 5.74) is 0. The Kier molecular flexibility index (Phi) is 18.9. The van der Waals surface area contributed by atoms with Gasteiger partial charge in [0.2, 0.25) is 5.91 Å². The van der Waals surface area contributed by atoms with Crippen LogP contribution in [0, 0.1) is 5.92 Å². The second-order valence-corrected chi connectivity index (χ2v) is 8.38. The van der Waals surface area contributed by atoms with Gasteiger partial charge in [-0.1, -0.05) is 103 Å². The number of aliphatic carboxylic acids is 1. The van der Waals surface area contributed by atoms with E-state index >= 15 is 0 Å². The molecule has 1 N–H and O–H groups in total. The minimum absolute atomic E-state index is 0. The third-order valence-electron chi connectivity index (χ3n) is 5.85. The van der Waals surface area contributed by atoms with Gasteiger partial charge in [-0.3, -0.25) is 9.59 Å². The number of carbonyl (C=O) groups excluding carboxylic acids is 1. The summed E-state index contributed by atoms with van der Waals surface area (Å²) in [7, 11) is 0. The van der Waals surface area contributed by atoms with Gasteiger partial charge in [-0.15, -0.1) is 0 Å². The summed E-state index contributed by atoms with van der Waals surface area (Å²) >= 11 is 0. The fourth-order valence-electron chi connectivity index (χ4n) is 4.00. The molecular weight excluding hydrogens is 361 g/mol. The van der Waals surface area contributed by atoms with E-state index in [-0.39, 0.29) is 41.9 Å². The van der Waals surface area contributed by atoms with Gasteiger partial charge in [-0.25, -0.2) is 0 Å². The molecule has 0 saturated carbocycles. The first-order valence-corrected chi connectivity index (χ1v) is 11.7. The molecule has 1 aliphatic rings. The van der Waals surface area contributed by atoms with Crippen LogP contribution in [0.1, 0.15) is 116 Å². The van der Waals surface area contributed by atoms with Crippen LogP contribution in [-0.4, -0.2) is 64.5 Å². The number of rotatable bonds is 18. The van der Waals surface area contributed by atoms with E-state index in [0.29, 0.717) is 6.54 Å². The fraction of sp³-hybridized carbons (Fsp3) is 0.913. The molecule has 4 nitrogen and oxygen atoms in total. The summed E-state index contributed by atoms with van der Waals surface area (Å²) in [4.78, 5) is 24.4. The van der Waals surface area contributed by atoms with Crippen LogP contribution in [0.25, 0.3) is 0 Å². The molecule has 1 aliphatic heterocycles. The average Bonchev–Trinajstić information content (AvgIpc) is 3.02. The first-order chi connectivity index (χ1) is 13.1. The molecule has 5 heteroatoms. The zero-order chi connectivity index (χ0) is 19.7.